The molecule has 0 fully saturated rings. The van der Waals surface area contributed by atoms with Crippen molar-refractivity contribution >= 4 is 27.5 Å². The molecule has 84 valence electrons. The van der Waals surface area contributed by atoms with E-state index in [9.17, 15) is 0 Å². The van der Waals surface area contributed by atoms with Crippen LogP contribution in [0.5, 0.6) is 0 Å². The summed E-state index contributed by atoms with van der Waals surface area (Å²) < 4.78 is 6.18. The molecule has 0 saturated carbocycles. The van der Waals surface area contributed by atoms with Gasteiger partial charge in [-0.25, -0.2) is 5.43 Å². The second-order valence-corrected chi connectivity index (χ2v) is 4.42. The molecule has 2 aromatic heterocycles. The van der Waals surface area contributed by atoms with E-state index in [0.717, 1.165) is 10.2 Å². The van der Waals surface area contributed by atoms with E-state index in [1.54, 1.807) is 30.7 Å². The van der Waals surface area contributed by atoms with Crippen LogP contribution in [0.15, 0.2) is 39.5 Å². The van der Waals surface area contributed by atoms with Gasteiger partial charge in [0.2, 0.25) is 0 Å². The Hall–Kier alpha value is -0.880. The van der Waals surface area contributed by atoms with Crippen molar-refractivity contribution in [1.29, 1.82) is 0 Å². The van der Waals surface area contributed by atoms with Crippen LogP contribution >= 0.6 is 27.5 Å². The summed E-state index contributed by atoms with van der Waals surface area (Å²) in [6.07, 6.45) is 3.15. The number of hydrogen-bond acceptors (Lipinski definition) is 4. The first-order valence-electron chi connectivity index (χ1n) is 4.53. The minimum atomic E-state index is -0.304. The smallest absolute Gasteiger partial charge is 0.142 e. The molecule has 0 aliphatic rings. The van der Waals surface area contributed by atoms with E-state index >= 15 is 0 Å². The lowest BCUT2D eigenvalue weighted by Gasteiger charge is -2.13. The Morgan fingerprint density at radius 2 is 2.25 bits per heavy atom. The van der Waals surface area contributed by atoms with Crippen molar-refractivity contribution in [3.05, 3.63) is 51.6 Å². The Morgan fingerprint density at radius 1 is 1.44 bits per heavy atom. The summed E-state index contributed by atoms with van der Waals surface area (Å²) in [5.74, 6) is 6.18. The van der Waals surface area contributed by atoms with Gasteiger partial charge in [-0.3, -0.25) is 10.8 Å². The molecule has 1 atom stereocenters. The standard InChI is InChI=1S/C10H9BrClN3O/c11-7-3-4-16-10(7)9(15-13)8-2-1-6(12)5-14-8/h1-5,9,15H,13H2. The molecule has 0 radical (unpaired) electrons. The quantitative estimate of drug-likeness (QED) is 0.676. The topological polar surface area (TPSA) is 64.1 Å². The molecule has 2 rings (SSSR count). The lowest BCUT2D eigenvalue weighted by Crippen LogP contribution is -2.29. The number of nitrogens with two attached hydrogens (primary N) is 1. The number of rotatable bonds is 3. The normalized spacial score (nSPS) is 12.7. The second kappa shape index (κ2) is 4.97. The summed E-state index contributed by atoms with van der Waals surface area (Å²) in [6.45, 7) is 0. The van der Waals surface area contributed by atoms with E-state index in [1.807, 2.05) is 0 Å². The number of aromatic nitrogens is 1. The van der Waals surface area contributed by atoms with Crippen LogP contribution in [0.25, 0.3) is 0 Å². The van der Waals surface area contributed by atoms with E-state index in [0.29, 0.717) is 10.8 Å². The van der Waals surface area contributed by atoms with Crippen LogP contribution in [0.2, 0.25) is 5.02 Å². The van der Waals surface area contributed by atoms with E-state index < -0.39 is 0 Å². The average molecular weight is 303 g/mol. The summed E-state index contributed by atoms with van der Waals surface area (Å²) in [4.78, 5) is 4.19. The first-order chi connectivity index (χ1) is 7.72. The van der Waals surface area contributed by atoms with Gasteiger partial charge in [0.25, 0.3) is 0 Å². The van der Waals surface area contributed by atoms with Crippen LogP contribution < -0.4 is 11.3 Å². The molecule has 0 aromatic carbocycles. The molecule has 2 aromatic rings. The molecule has 16 heavy (non-hydrogen) atoms. The molecular formula is C10H9BrClN3O. The van der Waals surface area contributed by atoms with E-state index in [4.69, 9.17) is 21.9 Å². The number of halogens is 2. The van der Waals surface area contributed by atoms with Crippen LogP contribution in [0.4, 0.5) is 0 Å². The van der Waals surface area contributed by atoms with Crippen molar-refractivity contribution < 1.29 is 4.42 Å². The van der Waals surface area contributed by atoms with Crippen LogP contribution in [-0.2, 0) is 0 Å². The highest BCUT2D eigenvalue weighted by Crippen LogP contribution is 2.28. The molecule has 0 amide bonds. The van der Waals surface area contributed by atoms with Gasteiger partial charge in [0.05, 0.1) is 21.5 Å². The molecule has 0 saturated heterocycles. The van der Waals surface area contributed by atoms with Gasteiger partial charge in [-0.1, -0.05) is 11.6 Å². The monoisotopic (exact) mass is 301 g/mol. The van der Waals surface area contributed by atoms with Gasteiger partial charge < -0.3 is 4.42 Å². The maximum Gasteiger partial charge on any atom is 0.142 e. The van der Waals surface area contributed by atoms with Crippen molar-refractivity contribution in [2.24, 2.45) is 5.84 Å². The van der Waals surface area contributed by atoms with Crippen LogP contribution in [0.3, 0.4) is 0 Å². The summed E-state index contributed by atoms with van der Waals surface area (Å²) in [7, 11) is 0. The summed E-state index contributed by atoms with van der Waals surface area (Å²) >= 11 is 9.15. The fourth-order valence-electron chi connectivity index (χ4n) is 1.36. The molecule has 1 unspecified atom stereocenters. The van der Waals surface area contributed by atoms with Gasteiger partial charge in [-0.2, -0.15) is 0 Å². The number of pyridine rings is 1. The van der Waals surface area contributed by atoms with Crippen molar-refractivity contribution in [2.75, 3.05) is 0 Å². The number of furan rings is 1. The van der Waals surface area contributed by atoms with Gasteiger partial charge in [0.1, 0.15) is 11.8 Å². The minimum absolute atomic E-state index is 0.304. The van der Waals surface area contributed by atoms with Crippen LogP contribution in [0.1, 0.15) is 17.5 Å². The third-order valence-corrected chi connectivity index (χ3v) is 3.00. The molecule has 0 spiro atoms. The molecule has 3 N–H and O–H groups in total. The van der Waals surface area contributed by atoms with Crippen LogP contribution in [-0.4, -0.2) is 4.98 Å². The highest BCUT2D eigenvalue weighted by atomic mass is 79.9. The molecule has 0 aliphatic carbocycles. The van der Waals surface area contributed by atoms with E-state index in [-0.39, 0.29) is 6.04 Å². The molecule has 4 nitrogen and oxygen atoms in total. The molecular weight excluding hydrogens is 293 g/mol. The summed E-state index contributed by atoms with van der Waals surface area (Å²) in [6, 6.07) is 5.05. The van der Waals surface area contributed by atoms with Gasteiger partial charge in [0, 0.05) is 6.20 Å². The number of hydrogen-bond donors (Lipinski definition) is 2. The number of nitrogens with one attached hydrogen (secondary N) is 1. The third-order valence-electron chi connectivity index (χ3n) is 2.12. The minimum Gasteiger partial charge on any atom is -0.466 e. The zero-order valence-electron chi connectivity index (χ0n) is 8.15. The van der Waals surface area contributed by atoms with Crippen molar-refractivity contribution in [2.45, 2.75) is 6.04 Å². The Balaban J connectivity index is 2.37. The summed E-state index contributed by atoms with van der Waals surface area (Å²) in [5.41, 5.74) is 3.39. The van der Waals surface area contributed by atoms with Gasteiger partial charge in [0.15, 0.2) is 0 Å². The highest BCUT2D eigenvalue weighted by Gasteiger charge is 2.19. The average Bonchev–Trinajstić information content (AvgIpc) is 2.69. The summed E-state index contributed by atoms with van der Waals surface area (Å²) in [5, 5.41) is 0.582. The Kier molecular flexibility index (Phi) is 3.60. The van der Waals surface area contributed by atoms with Gasteiger partial charge in [-0.05, 0) is 34.1 Å². The first kappa shape index (κ1) is 11.6. The third kappa shape index (κ3) is 2.27. The fourth-order valence-corrected chi connectivity index (χ4v) is 1.91. The van der Waals surface area contributed by atoms with Crippen LogP contribution in [0, 0.1) is 0 Å². The fraction of sp³-hybridized carbons (Fsp3) is 0.100. The number of nitrogens with zero attached hydrogens (tertiary/aromatic N) is 1. The lowest BCUT2D eigenvalue weighted by atomic mass is 10.1. The van der Waals surface area contributed by atoms with Gasteiger partial charge >= 0.3 is 0 Å². The Bertz CT molecular complexity index is 471. The first-order valence-corrected chi connectivity index (χ1v) is 5.70. The molecule has 0 bridgehead atoms. The maximum absolute atomic E-state index is 5.77. The van der Waals surface area contributed by atoms with E-state index in [2.05, 4.69) is 26.3 Å². The molecule has 2 heterocycles. The van der Waals surface area contributed by atoms with E-state index in [1.165, 1.54) is 0 Å². The lowest BCUT2D eigenvalue weighted by molar-refractivity contribution is 0.445. The zero-order valence-corrected chi connectivity index (χ0v) is 10.5. The van der Waals surface area contributed by atoms with Crippen molar-refractivity contribution in [3.8, 4) is 0 Å². The van der Waals surface area contributed by atoms with Crippen molar-refractivity contribution in [3.63, 3.8) is 0 Å². The predicted octanol–water partition coefficient (Wildman–Crippen LogP) is 2.64. The highest BCUT2D eigenvalue weighted by molar-refractivity contribution is 9.10. The van der Waals surface area contributed by atoms with Crippen molar-refractivity contribution in [1.82, 2.24) is 10.4 Å². The SMILES string of the molecule is NNC(c1ccc(Cl)cn1)c1occc1Br. The molecule has 0 aliphatic heterocycles. The Morgan fingerprint density at radius 3 is 2.75 bits per heavy atom. The maximum atomic E-state index is 5.77. The zero-order chi connectivity index (χ0) is 11.5. The largest absolute Gasteiger partial charge is 0.466 e. The molecule has 6 heteroatoms. The second-order valence-electron chi connectivity index (χ2n) is 3.13. The van der Waals surface area contributed by atoms with Gasteiger partial charge in [-0.15, -0.1) is 0 Å². The predicted molar refractivity (Wildman–Crippen MR) is 64.8 cm³/mol. The number of hydrazine groups is 1. The Labute approximate surface area is 106 Å².